The second-order valence-electron chi connectivity index (χ2n) is 5.00. The summed E-state index contributed by atoms with van der Waals surface area (Å²) < 4.78 is 0.945. The molecule has 5 nitrogen and oxygen atoms in total. The predicted molar refractivity (Wildman–Crippen MR) is 79.9 cm³/mol. The van der Waals surface area contributed by atoms with Gasteiger partial charge in [-0.15, -0.1) is 0 Å². The van der Waals surface area contributed by atoms with Gasteiger partial charge < -0.3 is 10.6 Å². The molecule has 1 saturated carbocycles. The van der Waals surface area contributed by atoms with Gasteiger partial charge in [0.1, 0.15) is 0 Å². The van der Waals surface area contributed by atoms with E-state index in [9.17, 15) is 9.59 Å². The molecule has 104 valence electrons. The van der Waals surface area contributed by atoms with Gasteiger partial charge in [0.15, 0.2) is 5.13 Å². The van der Waals surface area contributed by atoms with Crippen LogP contribution in [0.1, 0.15) is 26.2 Å². The van der Waals surface area contributed by atoms with Gasteiger partial charge in [0.25, 0.3) is 0 Å². The van der Waals surface area contributed by atoms with Crippen LogP contribution < -0.4 is 10.6 Å². The fourth-order valence-electron chi connectivity index (χ4n) is 2.12. The van der Waals surface area contributed by atoms with Gasteiger partial charge in [-0.1, -0.05) is 17.8 Å². The van der Waals surface area contributed by atoms with Crippen LogP contribution in [-0.2, 0) is 9.59 Å². The van der Waals surface area contributed by atoms with Crippen LogP contribution in [0.4, 0.5) is 10.8 Å². The van der Waals surface area contributed by atoms with Crippen molar-refractivity contribution in [2.75, 3.05) is 10.6 Å². The molecule has 20 heavy (non-hydrogen) atoms. The van der Waals surface area contributed by atoms with Gasteiger partial charge in [-0.2, -0.15) is 0 Å². The topological polar surface area (TPSA) is 71.1 Å². The summed E-state index contributed by atoms with van der Waals surface area (Å²) in [6.07, 6.45) is 3.12. The quantitative estimate of drug-likeness (QED) is 0.912. The Morgan fingerprint density at radius 1 is 1.30 bits per heavy atom. The summed E-state index contributed by atoms with van der Waals surface area (Å²) in [5.74, 6) is 0.131. The van der Waals surface area contributed by atoms with Crippen LogP contribution in [0.5, 0.6) is 0 Å². The van der Waals surface area contributed by atoms with E-state index in [2.05, 4.69) is 15.6 Å². The van der Waals surface area contributed by atoms with E-state index in [0.29, 0.717) is 5.13 Å². The number of rotatable bonds is 3. The third-order valence-electron chi connectivity index (χ3n) is 3.41. The maximum absolute atomic E-state index is 11.9. The zero-order chi connectivity index (χ0) is 14.1. The Labute approximate surface area is 120 Å². The first-order chi connectivity index (χ1) is 9.61. The summed E-state index contributed by atoms with van der Waals surface area (Å²) in [4.78, 5) is 27.2. The predicted octanol–water partition coefficient (Wildman–Crippen LogP) is 2.99. The van der Waals surface area contributed by atoms with Gasteiger partial charge in [0, 0.05) is 18.5 Å². The highest BCUT2D eigenvalue weighted by molar-refractivity contribution is 7.22. The Balaban J connectivity index is 1.78. The van der Waals surface area contributed by atoms with Crippen molar-refractivity contribution in [3.05, 3.63) is 18.2 Å². The molecule has 1 heterocycles. The summed E-state index contributed by atoms with van der Waals surface area (Å²) in [6, 6.07) is 5.60. The Morgan fingerprint density at radius 3 is 2.75 bits per heavy atom. The highest BCUT2D eigenvalue weighted by Gasteiger charge is 2.25. The normalized spacial score (nSPS) is 14.8. The molecule has 1 aromatic carbocycles. The molecule has 1 aliphatic rings. The molecule has 1 aromatic heterocycles. The molecule has 0 spiro atoms. The average molecular weight is 289 g/mol. The Hall–Kier alpha value is -1.95. The number of thiazole rings is 1. The molecule has 0 saturated heterocycles. The molecule has 0 bridgehead atoms. The van der Waals surface area contributed by atoms with E-state index < -0.39 is 0 Å². The minimum absolute atomic E-state index is 0.0993. The van der Waals surface area contributed by atoms with Crippen molar-refractivity contribution in [2.45, 2.75) is 26.2 Å². The van der Waals surface area contributed by atoms with E-state index in [0.717, 1.165) is 35.2 Å². The molecule has 2 amide bonds. The Bertz CT molecular complexity index is 676. The van der Waals surface area contributed by atoms with E-state index in [4.69, 9.17) is 0 Å². The van der Waals surface area contributed by atoms with Crippen molar-refractivity contribution in [2.24, 2.45) is 5.92 Å². The number of carbonyl (C=O) groups excluding carboxylic acids is 2. The number of aromatic nitrogens is 1. The maximum Gasteiger partial charge on any atom is 0.227 e. The monoisotopic (exact) mass is 289 g/mol. The second kappa shape index (κ2) is 5.20. The van der Waals surface area contributed by atoms with Gasteiger partial charge in [-0.3, -0.25) is 9.59 Å². The van der Waals surface area contributed by atoms with E-state index >= 15 is 0 Å². The molecular formula is C14H15N3O2S. The molecule has 0 unspecified atom stereocenters. The molecule has 0 radical (unpaired) electrons. The SMILES string of the molecule is CC(=O)Nc1nc2ccc(NC(=O)C3CCC3)cc2s1. The van der Waals surface area contributed by atoms with Gasteiger partial charge in [0.05, 0.1) is 10.2 Å². The van der Waals surface area contributed by atoms with E-state index in [1.807, 2.05) is 18.2 Å². The lowest BCUT2D eigenvalue weighted by Gasteiger charge is -2.23. The first kappa shape index (κ1) is 13.1. The number of nitrogens with zero attached hydrogens (tertiary/aromatic N) is 1. The van der Waals surface area contributed by atoms with Gasteiger partial charge >= 0.3 is 0 Å². The number of fused-ring (bicyclic) bond motifs is 1. The molecule has 0 aliphatic heterocycles. The largest absolute Gasteiger partial charge is 0.326 e. The van der Waals surface area contributed by atoms with Crippen molar-refractivity contribution < 1.29 is 9.59 Å². The summed E-state index contributed by atoms with van der Waals surface area (Å²) in [5, 5.41) is 6.19. The van der Waals surface area contributed by atoms with Gasteiger partial charge in [-0.05, 0) is 31.0 Å². The minimum atomic E-state index is -0.137. The first-order valence-electron chi connectivity index (χ1n) is 6.61. The van der Waals surface area contributed by atoms with Crippen molar-refractivity contribution in [3.63, 3.8) is 0 Å². The van der Waals surface area contributed by atoms with Crippen molar-refractivity contribution in [1.29, 1.82) is 0 Å². The molecule has 6 heteroatoms. The van der Waals surface area contributed by atoms with Crippen molar-refractivity contribution in [1.82, 2.24) is 4.98 Å². The molecule has 2 N–H and O–H groups in total. The number of nitrogens with one attached hydrogen (secondary N) is 2. The molecular weight excluding hydrogens is 274 g/mol. The van der Waals surface area contributed by atoms with Crippen LogP contribution in [0.25, 0.3) is 10.2 Å². The third-order valence-corrected chi connectivity index (χ3v) is 4.35. The lowest BCUT2D eigenvalue weighted by molar-refractivity contribution is -0.122. The maximum atomic E-state index is 11.9. The molecule has 1 fully saturated rings. The first-order valence-corrected chi connectivity index (χ1v) is 7.42. The highest BCUT2D eigenvalue weighted by atomic mass is 32.1. The molecule has 3 rings (SSSR count). The van der Waals surface area contributed by atoms with Crippen LogP contribution in [-0.4, -0.2) is 16.8 Å². The van der Waals surface area contributed by atoms with E-state index in [-0.39, 0.29) is 17.7 Å². The number of benzene rings is 1. The van der Waals surface area contributed by atoms with Crippen molar-refractivity contribution >= 4 is 44.2 Å². The fourth-order valence-corrected chi connectivity index (χ4v) is 3.07. The number of hydrogen-bond acceptors (Lipinski definition) is 4. The van der Waals surface area contributed by atoms with Crippen LogP contribution in [0.15, 0.2) is 18.2 Å². The number of anilines is 2. The highest BCUT2D eigenvalue weighted by Crippen LogP contribution is 2.30. The minimum Gasteiger partial charge on any atom is -0.326 e. The van der Waals surface area contributed by atoms with Gasteiger partial charge in [0.2, 0.25) is 11.8 Å². The fraction of sp³-hybridized carbons (Fsp3) is 0.357. The Morgan fingerprint density at radius 2 is 2.10 bits per heavy atom. The average Bonchev–Trinajstić information content (AvgIpc) is 2.66. The van der Waals surface area contributed by atoms with Crippen LogP contribution in [0.3, 0.4) is 0 Å². The van der Waals surface area contributed by atoms with Crippen LogP contribution >= 0.6 is 11.3 Å². The van der Waals surface area contributed by atoms with E-state index in [1.54, 1.807) is 0 Å². The Kier molecular flexibility index (Phi) is 3.40. The number of amides is 2. The number of hydrogen-bond donors (Lipinski definition) is 2. The van der Waals surface area contributed by atoms with Gasteiger partial charge in [-0.25, -0.2) is 4.98 Å². The lowest BCUT2D eigenvalue weighted by atomic mass is 9.85. The zero-order valence-electron chi connectivity index (χ0n) is 11.1. The summed E-state index contributed by atoms with van der Waals surface area (Å²) >= 11 is 1.40. The molecule has 2 aromatic rings. The summed E-state index contributed by atoms with van der Waals surface area (Å²) in [6.45, 7) is 1.45. The standard InChI is InChI=1S/C14H15N3O2S/c1-8(18)15-14-17-11-6-5-10(7-12(11)20-14)16-13(19)9-3-2-4-9/h5-7,9H,2-4H2,1H3,(H,16,19)(H,15,17,18). The second-order valence-corrected chi connectivity index (χ2v) is 6.03. The summed E-state index contributed by atoms with van der Waals surface area (Å²) in [5.41, 5.74) is 1.60. The van der Waals surface area contributed by atoms with Crippen LogP contribution in [0.2, 0.25) is 0 Å². The molecule has 1 aliphatic carbocycles. The third kappa shape index (κ3) is 2.65. The molecule has 0 atom stereocenters. The van der Waals surface area contributed by atoms with Crippen LogP contribution in [0, 0.1) is 5.92 Å². The number of carbonyl (C=O) groups is 2. The smallest absolute Gasteiger partial charge is 0.227 e. The van der Waals surface area contributed by atoms with E-state index in [1.165, 1.54) is 18.3 Å². The summed E-state index contributed by atoms with van der Waals surface area (Å²) in [7, 11) is 0. The zero-order valence-corrected chi connectivity index (χ0v) is 11.9. The van der Waals surface area contributed by atoms with Crippen molar-refractivity contribution in [3.8, 4) is 0 Å². The lowest BCUT2D eigenvalue weighted by Crippen LogP contribution is -2.27.